The van der Waals surface area contributed by atoms with Crippen molar-refractivity contribution >= 4 is 11.7 Å². The topological polar surface area (TPSA) is 68.5 Å². The molecule has 1 atom stereocenters. The maximum atomic E-state index is 11.5. The molecule has 2 rings (SSSR count). The highest BCUT2D eigenvalue weighted by atomic mass is 16.5. The molecule has 110 valence electrons. The minimum atomic E-state index is -0.399. The van der Waals surface area contributed by atoms with Crippen LogP contribution in [0.1, 0.15) is 36.3 Å². The van der Waals surface area contributed by atoms with E-state index in [0.29, 0.717) is 11.5 Å². The van der Waals surface area contributed by atoms with E-state index in [-0.39, 0.29) is 0 Å². The van der Waals surface area contributed by atoms with E-state index in [4.69, 9.17) is 10.5 Å². The van der Waals surface area contributed by atoms with E-state index in [1.165, 1.54) is 0 Å². The molecule has 0 aromatic carbocycles. The average molecular weight is 277 g/mol. The first kappa shape index (κ1) is 14.8. The van der Waals surface area contributed by atoms with Gasteiger partial charge >= 0.3 is 0 Å². The number of aromatic nitrogens is 1. The van der Waals surface area contributed by atoms with E-state index in [1.54, 1.807) is 6.07 Å². The summed E-state index contributed by atoms with van der Waals surface area (Å²) in [6, 6.07) is 3.68. The van der Waals surface area contributed by atoms with Gasteiger partial charge in [-0.2, -0.15) is 0 Å². The number of carbonyl (C=O) groups is 1. The van der Waals surface area contributed by atoms with Crippen LogP contribution in [0.5, 0.6) is 0 Å². The third-order valence-electron chi connectivity index (χ3n) is 3.80. The van der Waals surface area contributed by atoms with Gasteiger partial charge in [-0.1, -0.05) is 20.3 Å². The Kier molecular flexibility index (Phi) is 4.95. The number of anilines is 1. The molecule has 0 radical (unpaired) electrons. The first-order valence-electron chi connectivity index (χ1n) is 7.24. The van der Waals surface area contributed by atoms with Crippen molar-refractivity contribution in [2.75, 3.05) is 31.2 Å². The van der Waals surface area contributed by atoms with Crippen molar-refractivity contribution in [1.29, 1.82) is 0 Å². The van der Waals surface area contributed by atoms with Crippen LogP contribution in [0.2, 0.25) is 0 Å². The van der Waals surface area contributed by atoms with Crippen molar-refractivity contribution in [3.63, 3.8) is 0 Å². The number of ether oxygens (including phenoxy) is 1. The van der Waals surface area contributed by atoms with Gasteiger partial charge in [-0.3, -0.25) is 4.79 Å². The SMILES string of the molecule is CCC(C)Cc1nc(N2CCOCC2)ccc1C(N)=O. The van der Waals surface area contributed by atoms with Gasteiger partial charge in [0.2, 0.25) is 0 Å². The number of carbonyl (C=O) groups excluding carboxylic acids is 1. The molecular weight excluding hydrogens is 254 g/mol. The molecule has 0 saturated carbocycles. The highest BCUT2D eigenvalue weighted by Gasteiger charge is 2.17. The van der Waals surface area contributed by atoms with Gasteiger partial charge < -0.3 is 15.4 Å². The van der Waals surface area contributed by atoms with Crippen LogP contribution in [0.3, 0.4) is 0 Å². The zero-order chi connectivity index (χ0) is 14.5. The summed E-state index contributed by atoms with van der Waals surface area (Å²) in [5.41, 5.74) is 6.81. The normalized spacial score (nSPS) is 17.0. The van der Waals surface area contributed by atoms with Gasteiger partial charge in [0.25, 0.3) is 5.91 Å². The number of rotatable bonds is 5. The summed E-state index contributed by atoms with van der Waals surface area (Å²) in [4.78, 5) is 18.4. The number of hydrogen-bond acceptors (Lipinski definition) is 4. The van der Waals surface area contributed by atoms with Crippen LogP contribution in [0.25, 0.3) is 0 Å². The van der Waals surface area contributed by atoms with Crippen LogP contribution in [-0.2, 0) is 11.2 Å². The van der Waals surface area contributed by atoms with Gasteiger partial charge in [-0.25, -0.2) is 4.98 Å². The lowest BCUT2D eigenvalue weighted by Crippen LogP contribution is -2.37. The van der Waals surface area contributed by atoms with Crippen molar-refractivity contribution in [3.05, 3.63) is 23.4 Å². The number of amides is 1. The van der Waals surface area contributed by atoms with Gasteiger partial charge in [0.1, 0.15) is 5.82 Å². The predicted octanol–water partition coefficient (Wildman–Crippen LogP) is 1.61. The largest absolute Gasteiger partial charge is 0.378 e. The first-order chi connectivity index (χ1) is 9.61. The fourth-order valence-corrected chi connectivity index (χ4v) is 2.31. The summed E-state index contributed by atoms with van der Waals surface area (Å²) in [6.45, 7) is 7.42. The standard InChI is InChI=1S/C15H23N3O2/c1-3-11(2)10-13-12(15(16)19)4-5-14(17-13)18-6-8-20-9-7-18/h4-5,11H,3,6-10H2,1-2H3,(H2,16,19). The molecule has 1 saturated heterocycles. The van der Waals surface area contributed by atoms with Gasteiger partial charge in [0, 0.05) is 13.1 Å². The zero-order valence-electron chi connectivity index (χ0n) is 12.3. The zero-order valence-corrected chi connectivity index (χ0v) is 12.3. The lowest BCUT2D eigenvalue weighted by atomic mass is 9.99. The highest BCUT2D eigenvalue weighted by Crippen LogP contribution is 2.20. The summed E-state index contributed by atoms with van der Waals surface area (Å²) in [6.07, 6.45) is 1.84. The monoisotopic (exact) mass is 277 g/mol. The second-order valence-corrected chi connectivity index (χ2v) is 5.34. The molecule has 5 heteroatoms. The first-order valence-corrected chi connectivity index (χ1v) is 7.24. The molecule has 1 aliphatic rings. The van der Waals surface area contributed by atoms with Crippen LogP contribution in [-0.4, -0.2) is 37.2 Å². The molecule has 5 nitrogen and oxygen atoms in total. The molecular formula is C15H23N3O2. The van der Waals surface area contributed by atoms with Gasteiger partial charge in [0.15, 0.2) is 0 Å². The Morgan fingerprint density at radius 3 is 2.75 bits per heavy atom. The Labute approximate surface area is 120 Å². The minimum absolute atomic E-state index is 0.399. The molecule has 1 fully saturated rings. The molecule has 2 heterocycles. The van der Waals surface area contributed by atoms with Crippen molar-refractivity contribution < 1.29 is 9.53 Å². The van der Waals surface area contributed by atoms with Crippen LogP contribution >= 0.6 is 0 Å². The number of morpholine rings is 1. The number of nitrogens with zero attached hydrogens (tertiary/aromatic N) is 2. The fourth-order valence-electron chi connectivity index (χ4n) is 2.31. The maximum Gasteiger partial charge on any atom is 0.250 e. The maximum absolute atomic E-state index is 11.5. The third-order valence-corrected chi connectivity index (χ3v) is 3.80. The predicted molar refractivity (Wildman–Crippen MR) is 78.9 cm³/mol. The summed E-state index contributed by atoms with van der Waals surface area (Å²) in [5.74, 6) is 1.00. The van der Waals surface area contributed by atoms with E-state index in [0.717, 1.165) is 50.7 Å². The van der Waals surface area contributed by atoms with Gasteiger partial charge in [0.05, 0.1) is 24.5 Å². The second-order valence-electron chi connectivity index (χ2n) is 5.34. The van der Waals surface area contributed by atoms with Gasteiger partial charge in [-0.05, 0) is 24.5 Å². The van der Waals surface area contributed by atoms with E-state index in [9.17, 15) is 4.79 Å². The molecule has 1 aromatic heterocycles. The van der Waals surface area contributed by atoms with Gasteiger partial charge in [-0.15, -0.1) is 0 Å². The summed E-state index contributed by atoms with van der Waals surface area (Å²) < 4.78 is 5.35. The van der Waals surface area contributed by atoms with Crippen LogP contribution in [0, 0.1) is 5.92 Å². The fraction of sp³-hybridized carbons (Fsp3) is 0.600. The Balaban J connectivity index is 2.26. The number of primary amides is 1. The third kappa shape index (κ3) is 3.48. The molecule has 0 bridgehead atoms. The molecule has 2 N–H and O–H groups in total. The molecule has 0 aliphatic carbocycles. The molecule has 0 spiro atoms. The minimum Gasteiger partial charge on any atom is -0.378 e. The lowest BCUT2D eigenvalue weighted by molar-refractivity contribution is 0.0998. The quantitative estimate of drug-likeness (QED) is 0.887. The molecule has 1 unspecified atom stereocenters. The Bertz CT molecular complexity index is 470. The van der Waals surface area contributed by atoms with Crippen LogP contribution in [0.15, 0.2) is 12.1 Å². The smallest absolute Gasteiger partial charge is 0.250 e. The molecule has 1 aliphatic heterocycles. The van der Waals surface area contributed by atoms with E-state index < -0.39 is 5.91 Å². The molecule has 1 aromatic rings. The Hall–Kier alpha value is -1.62. The Morgan fingerprint density at radius 2 is 2.15 bits per heavy atom. The molecule has 1 amide bonds. The summed E-state index contributed by atoms with van der Waals surface area (Å²) in [7, 11) is 0. The summed E-state index contributed by atoms with van der Waals surface area (Å²) >= 11 is 0. The molecule has 20 heavy (non-hydrogen) atoms. The number of pyridine rings is 1. The second kappa shape index (κ2) is 6.70. The summed E-state index contributed by atoms with van der Waals surface area (Å²) in [5, 5.41) is 0. The van der Waals surface area contributed by atoms with Crippen molar-refractivity contribution in [3.8, 4) is 0 Å². The van der Waals surface area contributed by atoms with E-state index >= 15 is 0 Å². The number of nitrogens with two attached hydrogens (primary N) is 1. The average Bonchev–Trinajstić information content (AvgIpc) is 2.47. The number of hydrogen-bond donors (Lipinski definition) is 1. The lowest BCUT2D eigenvalue weighted by Gasteiger charge is -2.28. The Morgan fingerprint density at radius 1 is 1.45 bits per heavy atom. The van der Waals surface area contributed by atoms with Crippen molar-refractivity contribution in [2.24, 2.45) is 11.7 Å². The highest BCUT2D eigenvalue weighted by molar-refractivity contribution is 5.94. The van der Waals surface area contributed by atoms with E-state index in [1.807, 2.05) is 6.07 Å². The van der Waals surface area contributed by atoms with Crippen LogP contribution in [0.4, 0.5) is 5.82 Å². The van der Waals surface area contributed by atoms with Crippen molar-refractivity contribution in [1.82, 2.24) is 4.98 Å². The van der Waals surface area contributed by atoms with Crippen molar-refractivity contribution in [2.45, 2.75) is 26.7 Å². The van der Waals surface area contributed by atoms with Crippen LogP contribution < -0.4 is 10.6 Å². The van der Waals surface area contributed by atoms with E-state index in [2.05, 4.69) is 23.7 Å².